The van der Waals surface area contributed by atoms with Gasteiger partial charge >= 0.3 is 0 Å². The Balaban J connectivity index is 1.53. The van der Waals surface area contributed by atoms with Crippen molar-refractivity contribution in [3.8, 4) is 11.3 Å². The molecule has 0 spiro atoms. The predicted octanol–water partition coefficient (Wildman–Crippen LogP) is 3.39. The third kappa shape index (κ3) is 4.02. The van der Waals surface area contributed by atoms with Gasteiger partial charge in [0.2, 0.25) is 0 Å². The molecule has 2 atom stereocenters. The first-order valence-electron chi connectivity index (χ1n) is 10.5. The molecule has 10 heteroatoms. The molecule has 0 radical (unpaired) electrons. The van der Waals surface area contributed by atoms with E-state index >= 15 is 0 Å². The van der Waals surface area contributed by atoms with Crippen molar-refractivity contribution in [3.05, 3.63) is 35.2 Å². The minimum atomic E-state index is -3.28. The van der Waals surface area contributed by atoms with Crippen molar-refractivity contribution in [1.29, 1.82) is 0 Å². The Morgan fingerprint density at radius 1 is 1.23 bits per heavy atom. The fourth-order valence-electron chi connectivity index (χ4n) is 4.52. The Bertz CT molecular complexity index is 1240. The van der Waals surface area contributed by atoms with Crippen LogP contribution in [0.3, 0.4) is 0 Å². The molecule has 164 valence electrons. The van der Waals surface area contributed by atoms with E-state index in [1.54, 1.807) is 12.4 Å². The number of likely N-dealkylation sites (tertiary alicyclic amines) is 1. The Morgan fingerprint density at radius 3 is 2.77 bits per heavy atom. The number of halogens is 1. The highest BCUT2D eigenvalue weighted by Gasteiger charge is 2.45. The summed E-state index contributed by atoms with van der Waals surface area (Å²) in [6.07, 6.45) is 8.53. The van der Waals surface area contributed by atoms with Gasteiger partial charge < -0.3 is 10.3 Å². The third-order valence-corrected chi connectivity index (χ3v) is 7.79. The monoisotopic (exact) mass is 460 g/mol. The highest BCUT2D eigenvalue weighted by molar-refractivity contribution is 7.91. The summed E-state index contributed by atoms with van der Waals surface area (Å²) in [6.45, 7) is 2.74. The number of H-pyrrole nitrogens is 1. The summed E-state index contributed by atoms with van der Waals surface area (Å²) in [5, 5.41) is 3.42. The lowest BCUT2D eigenvalue weighted by molar-refractivity contribution is 0.177. The summed E-state index contributed by atoms with van der Waals surface area (Å²) in [4.78, 5) is 19.0. The fourth-order valence-corrected chi connectivity index (χ4v) is 6.28. The van der Waals surface area contributed by atoms with Crippen LogP contribution in [-0.4, -0.2) is 63.5 Å². The van der Waals surface area contributed by atoms with Gasteiger partial charge in [0.25, 0.3) is 0 Å². The van der Waals surface area contributed by atoms with Gasteiger partial charge in [0.15, 0.2) is 15.5 Å². The lowest BCUT2D eigenvalue weighted by Gasteiger charge is -2.41. The highest BCUT2D eigenvalue weighted by Crippen LogP contribution is 2.36. The van der Waals surface area contributed by atoms with E-state index in [1.165, 1.54) is 6.26 Å². The van der Waals surface area contributed by atoms with Gasteiger partial charge in [0, 0.05) is 29.8 Å². The van der Waals surface area contributed by atoms with Crippen LogP contribution in [0.5, 0.6) is 0 Å². The summed E-state index contributed by atoms with van der Waals surface area (Å²) >= 11 is 6.24. The van der Waals surface area contributed by atoms with Gasteiger partial charge in [-0.1, -0.05) is 11.6 Å². The molecule has 2 unspecified atom stereocenters. The number of fused-ring (bicyclic) bond motifs is 1. The molecule has 2 aliphatic rings. The summed E-state index contributed by atoms with van der Waals surface area (Å²) in [6, 6.07) is 3.98. The molecule has 1 aliphatic heterocycles. The lowest BCUT2D eigenvalue weighted by atomic mass is 10.0. The minimum absolute atomic E-state index is 0.245. The molecule has 0 aromatic carbocycles. The smallest absolute Gasteiger partial charge is 0.165 e. The fraction of sp³-hybridized carbons (Fsp3) is 0.476. The van der Waals surface area contributed by atoms with Crippen LogP contribution >= 0.6 is 11.6 Å². The standard InChI is InChI=1S/C21H25ClN6O2S/c1-12-5-8-14(17-11-24-20-18(26-17)15(22)10-23-20)19(25-12)27-16-4-3-9-28(13-6-7-13)21(16)31(2,29)30/h5,8,10-11,13,16,21H,3-4,6-7,9H2,1-2H3,(H,23,24)(H,25,27). The van der Waals surface area contributed by atoms with Crippen molar-refractivity contribution < 1.29 is 8.42 Å². The molecular formula is C21H25ClN6O2S. The number of aromatic nitrogens is 4. The van der Waals surface area contributed by atoms with Crippen molar-refractivity contribution in [3.63, 3.8) is 0 Å². The van der Waals surface area contributed by atoms with E-state index < -0.39 is 15.2 Å². The zero-order valence-electron chi connectivity index (χ0n) is 17.5. The van der Waals surface area contributed by atoms with Crippen molar-refractivity contribution in [1.82, 2.24) is 24.8 Å². The average Bonchev–Trinajstić information content (AvgIpc) is 3.51. The van der Waals surface area contributed by atoms with Gasteiger partial charge in [-0.2, -0.15) is 0 Å². The second-order valence-electron chi connectivity index (χ2n) is 8.52. The van der Waals surface area contributed by atoms with E-state index in [0.29, 0.717) is 33.7 Å². The molecule has 1 aliphatic carbocycles. The van der Waals surface area contributed by atoms with Crippen LogP contribution in [0.15, 0.2) is 24.5 Å². The highest BCUT2D eigenvalue weighted by atomic mass is 35.5. The van der Waals surface area contributed by atoms with Gasteiger partial charge in [-0.15, -0.1) is 0 Å². The number of nitrogens with one attached hydrogen (secondary N) is 2. The molecule has 1 saturated carbocycles. The number of hydrogen-bond donors (Lipinski definition) is 2. The first kappa shape index (κ1) is 20.7. The molecule has 8 nitrogen and oxygen atoms in total. The quantitative estimate of drug-likeness (QED) is 0.601. The molecule has 2 N–H and O–H groups in total. The van der Waals surface area contributed by atoms with Crippen LogP contribution in [-0.2, 0) is 9.84 Å². The normalized spacial score (nSPS) is 22.7. The minimum Gasteiger partial charge on any atom is -0.364 e. The second-order valence-corrected chi connectivity index (χ2v) is 11.1. The summed E-state index contributed by atoms with van der Waals surface area (Å²) < 4.78 is 25.5. The van der Waals surface area contributed by atoms with Crippen molar-refractivity contribution in [2.75, 3.05) is 18.1 Å². The number of anilines is 1. The molecule has 1 saturated heterocycles. The van der Waals surface area contributed by atoms with Gasteiger partial charge in [0.1, 0.15) is 16.7 Å². The molecule has 0 bridgehead atoms. The number of nitrogens with zero attached hydrogens (tertiary/aromatic N) is 4. The van der Waals surface area contributed by atoms with Crippen LogP contribution in [0.25, 0.3) is 22.4 Å². The van der Waals surface area contributed by atoms with Gasteiger partial charge in [-0.25, -0.2) is 23.4 Å². The number of aryl methyl sites for hydroxylation is 1. The van der Waals surface area contributed by atoms with Crippen molar-refractivity contribution in [2.24, 2.45) is 0 Å². The van der Waals surface area contributed by atoms with Crippen molar-refractivity contribution in [2.45, 2.75) is 50.1 Å². The number of piperidine rings is 1. The first-order chi connectivity index (χ1) is 14.8. The van der Waals surface area contributed by atoms with Crippen LogP contribution in [0, 0.1) is 6.92 Å². The molecule has 4 heterocycles. The van der Waals surface area contributed by atoms with Gasteiger partial charge in [-0.3, -0.25) is 4.90 Å². The Morgan fingerprint density at radius 2 is 2.03 bits per heavy atom. The molecule has 0 amide bonds. The topological polar surface area (TPSA) is 104 Å². The van der Waals surface area contributed by atoms with Gasteiger partial charge in [-0.05, 0) is 51.3 Å². The van der Waals surface area contributed by atoms with Crippen LogP contribution in [0.1, 0.15) is 31.4 Å². The maximum Gasteiger partial charge on any atom is 0.165 e. The summed E-state index contributed by atoms with van der Waals surface area (Å²) in [7, 11) is -3.28. The summed E-state index contributed by atoms with van der Waals surface area (Å²) in [5.41, 5.74) is 3.46. The number of sulfone groups is 1. The predicted molar refractivity (Wildman–Crippen MR) is 122 cm³/mol. The van der Waals surface area contributed by atoms with E-state index in [1.807, 2.05) is 19.1 Å². The number of pyridine rings is 1. The largest absolute Gasteiger partial charge is 0.364 e. The summed E-state index contributed by atoms with van der Waals surface area (Å²) in [5.74, 6) is 0.622. The van der Waals surface area contributed by atoms with Crippen LogP contribution < -0.4 is 5.32 Å². The van der Waals surface area contributed by atoms with Crippen LogP contribution in [0.2, 0.25) is 5.02 Å². The molecule has 3 aromatic rings. The van der Waals surface area contributed by atoms with E-state index in [-0.39, 0.29) is 6.04 Å². The molecule has 3 aromatic heterocycles. The zero-order chi connectivity index (χ0) is 21.8. The SMILES string of the molecule is Cc1ccc(-c2cnc3[nH]cc(Cl)c3n2)c(NC2CCCN(C3CC3)C2S(C)(=O)=O)n1. The second kappa shape index (κ2) is 7.72. The van der Waals surface area contributed by atoms with E-state index in [0.717, 1.165) is 43.5 Å². The molecule has 5 rings (SSSR count). The molecule has 2 fully saturated rings. The van der Waals surface area contributed by atoms with E-state index in [9.17, 15) is 8.42 Å². The van der Waals surface area contributed by atoms with E-state index in [4.69, 9.17) is 16.6 Å². The van der Waals surface area contributed by atoms with Crippen molar-refractivity contribution >= 4 is 38.4 Å². The Kier molecular flexibility index (Phi) is 5.15. The Hall–Kier alpha value is -2.23. The molecule has 31 heavy (non-hydrogen) atoms. The van der Waals surface area contributed by atoms with E-state index in [2.05, 4.69) is 25.2 Å². The van der Waals surface area contributed by atoms with Gasteiger partial charge in [0.05, 0.1) is 23.0 Å². The Labute approximate surface area is 186 Å². The maximum atomic E-state index is 12.8. The number of aromatic amines is 1. The third-order valence-electron chi connectivity index (χ3n) is 6.02. The zero-order valence-corrected chi connectivity index (χ0v) is 19.0. The maximum absolute atomic E-state index is 12.8. The van der Waals surface area contributed by atoms with Crippen LogP contribution in [0.4, 0.5) is 5.82 Å². The number of hydrogen-bond acceptors (Lipinski definition) is 7. The average molecular weight is 461 g/mol. The number of rotatable bonds is 5. The molecular weight excluding hydrogens is 436 g/mol. The lowest BCUT2D eigenvalue weighted by Crippen LogP contribution is -2.55. The first-order valence-corrected chi connectivity index (χ1v) is 12.8.